The minimum atomic E-state index is -0.193. The van der Waals surface area contributed by atoms with Crippen molar-refractivity contribution >= 4 is 5.69 Å². The van der Waals surface area contributed by atoms with E-state index in [2.05, 4.69) is 5.32 Å². The zero-order valence-corrected chi connectivity index (χ0v) is 7.81. The third kappa shape index (κ3) is 3.03. The summed E-state index contributed by atoms with van der Waals surface area (Å²) in [6.07, 6.45) is 0.927. The van der Waals surface area contributed by atoms with Gasteiger partial charge >= 0.3 is 0 Å². The van der Waals surface area contributed by atoms with Gasteiger partial charge in [-0.3, -0.25) is 0 Å². The molecule has 1 aromatic rings. The lowest BCUT2D eigenvalue weighted by Gasteiger charge is -2.08. The van der Waals surface area contributed by atoms with E-state index in [0.717, 1.165) is 24.2 Å². The van der Waals surface area contributed by atoms with Crippen LogP contribution < -0.4 is 11.1 Å². The molecule has 0 unspecified atom stereocenters. The van der Waals surface area contributed by atoms with E-state index < -0.39 is 0 Å². The molecule has 3 heteroatoms. The SMILES string of the molecule is Cc1cc(F)ccc1NCCCN. The van der Waals surface area contributed by atoms with E-state index in [-0.39, 0.29) is 5.82 Å². The second-order valence-corrected chi connectivity index (χ2v) is 3.03. The van der Waals surface area contributed by atoms with Gasteiger partial charge in [-0.15, -0.1) is 0 Å². The highest BCUT2D eigenvalue weighted by atomic mass is 19.1. The van der Waals surface area contributed by atoms with E-state index in [9.17, 15) is 4.39 Å². The van der Waals surface area contributed by atoms with Crippen LogP contribution in [0.15, 0.2) is 18.2 Å². The van der Waals surface area contributed by atoms with Crippen molar-refractivity contribution in [1.82, 2.24) is 0 Å². The van der Waals surface area contributed by atoms with Gasteiger partial charge in [-0.1, -0.05) is 0 Å². The van der Waals surface area contributed by atoms with Crippen LogP contribution in [-0.2, 0) is 0 Å². The van der Waals surface area contributed by atoms with Crippen molar-refractivity contribution in [2.75, 3.05) is 18.4 Å². The van der Waals surface area contributed by atoms with Crippen molar-refractivity contribution in [1.29, 1.82) is 0 Å². The second-order valence-electron chi connectivity index (χ2n) is 3.03. The van der Waals surface area contributed by atoms with Crippen molar-refractivity contribution in [2.24, 2.45) is 5.73 Å². The quantitative estimate of drug-likeness (QED) is 0.698. The molecular formula is C10H15FN2. The molecule has 0 fully saturated rings. The Morgan fingerprint density at radius 3 is 2.85 bits per heavy atom. The van der Waals surface area contributed by atoms with Gasteiger partial charge in [0.1, 0.15) is 5.82 Å². The highest BCUT2D eigenvalue weighted by molar-refractivity contribution is 5.50. The van der Waals surface area contributed by atoms with Gasteiger partial charge in [0, 0.05) is 12.2 Å². The van der Waals surface area contributed by atoms with Crippen molar-refractivity contribution in [3.05, 3.63) is 29.6 Å². The molecule has 2 nitrogen and oxygen atoms in total. The third-order valence-corrected chi connectivity index (χ3v) is 1.88. The summed E-state index contributed by atoms with van der Waals surface area (Å²) in [5, 5.41) is 3.19. The molecule has 0 aliphatic rings. The standard InChI is InChI=1S/C10H15FN2/c1-8-7-9(11)3-4-10(8)13-6-2-5-12/h3-4,7,13H,2,5-6,12H2,1H3. The fourth-order valence-corrected chi connectivity index (χ4v) is 1.15. The minimum Gasteiger partial charge on any atom is -0.385 e. The molecule has 0 aliphatic heterocycles. The lowest BCUT2D eigenvalue weighted by Crippen LogP contribution is -2.09. The number of aryl methyl sites for hydroxylation is 1. The molecule has 0 aliphatic carbocycles. The Morgan fingerprint density at radius 2 is 2.23 bits per heavy atom. The number of benzene rings is 1. The number of anilines is 1. The summed E-state index contributed by atoms with van der Waals surface area (Å²) in [4.78, 5) is 0. The fraction of sp³-hybridized carbons (Fsp3) is 0.400. The van der Waals surface area contributed by atoms with Crippen LogP contribution in [0.2, 0.25) is 0 Å². The van der Waals surface area contributed by atoms with E-state index in [1.165, 1.54) is 12.1 Å². The Morgan fingerprint density at radius 1 is 1.46 bits per heavy atom. The van der Waals surface area contributed by atoms with Crippen LogP contribution in [0.4, 0.5) is 10.1 Å². The van der Waals surface area contributed by atoms with E-state index in [1.807, 2.05) is 6.92 Å². The third-order valence-electron chi connectivity index (χ3n) is 1.88. The van der Waals surface area contributed by atoms with E-state index in [0.29, 0.717) is 6.54 Å². The van der Waals surface area contributed by atoms with Crippen molar-refractivity contribution in [3.8, 4) is 0 Å². The van der Waals surface area contributed by atoms with Gasteiger partial charge in [0.2, 0.25) is 0 Å². The lowest BCUT2D eigenvalue weighted by atomic mass is 10.2. The zero-order chi connectivity index (χ0) is 9.68. The van der Waals surface area contributed by atoms with Crippen molar-refractivity contribution in [2.45, 2.75) is 13.3 Å². The number of hydrogen-bond donors (Lipinski definition) is 2. The first-order chi connectivity index (χ1) is 6.24. The number of nitrogens with two attached hydrogens (primary N) is 1. The lowest BCUT2D eigenvalue weighted by molar-refractivity contribution is 0.627. The van der Waals surface area contributed by atoms with Crippen LogP contribution in [0.3, 0.4) is 0 Å². The molecule has 1 aromatic carbocycles. The van der Waals surface area contributed by atoms with Crippen LogP contribution in [-0.4, -0.2) is 13.1 Å². The molecule has 0 radical (unpaired) electrons. The van der Waals surface area contributed by atoms with Crippen LogP contribution in [0.1, 0.15) is 12.0 Å². The predicted octanol–water partition coefficient (Wildman–Crippen LogP) is 1.89. The Hall–Kier alpha value is -1.09. The van der Waals surface area contributed by atoms with Crippen LogP contribution in [0.5, 0.6) is 0 Å². The van der Waals surface area contributed by atoms with Crippen molar-refractivity contribution in [3.63, 3.8) is 0 Å². The summed E-state index contributed by atoms with van der Waals surface area (Å²) in [6, 6.07) is 4.73. The molecule has 0 spiro atoms. The van der Waals surface area contributed by atoms with Gasteiger partial charge in [-0.25, -0.2) is 4.39 Å². The summed E-state index contributed by atoms with van der Waals surface area (Å²) in [7, 11) is 0. The highest BCUT2D eigenvalue weighted by Gasteiger charge is 1.97. The van der Waals surface area contributed by atoms with E-state index in [4.69, 9.17) is 5.73 Å². The Balaban J connectivity index is 2.56. The predicted molar refractivity (Wildman–Crippen MR) is 53.3 cm³/mol. The van der Waals surface area contributed by atoms with Gasteiger partial charge in [0.25, 0.3) is 0 Å². The maximum Gasteiger partial charge on any atom is 0.123 e. The topological polar surface area (TPSA) is 38.0 Å². The molecule has 72 valence electrons. The summed E-state index contributed by atoms with van der Waals surface area (Å²) < 4.78 is 12.7. The summed E-state index contributed by atoms with van der Waals surface area (Å²) in [5.41, 5.74) is 7.26. The van der Waals surface area contributed by atoms with Gasteiger partial charge < -0.3 is 11.1 Å². The fourth-order valence-electron chi connectivity index (χ4n) is 1.15. The van der Waals surface area contributed by atoms with E-state index in [1.54, 1.807) is 6.07 Å². The Bertz CT molecular complexity index is 274. The summed E-state index contributed by atoms with van der Waals surface area (Å²) >= 11 is 0. The Kier molecular flexibility index (Phi) is 3.71. The van der Waals surface area contributed by atoms with Gasteiger partial charge in [-0.2, -0.15) is 0 Å². The van der Waals surface area contributed by atoms with Crippen LogP contribution >= 0.6 is 0 Å². The van der Waals surface area contributed by atoms with Gasteiger partial charge in [0.15, 0.2) is 0 Å². The normalized spacial score (nSPS) is 10.1. The summed E-state index contributed by atoms with van der Waals surface area (Å²) in [5.74, 6) is -0.193. The molecule has 0 amide bonds. The first-order valence-electron chi connectivity index (χ1n) is 4.44. The number of nitrogens with one attached hydrogen (secondary N) is 1. The second kappa shape index (κ2) is 4.82. The number of halogens is 1. The molecule has 1 rings (SSSR count). The molecule has 13 heavy (non-hydrogen) atoms. The van der Waals surface area contributed by atoms with Crippen LogP contribution in [0, 0.1) is 12.7 Å². The minimum absolute atomic E-state index is 0.193. The zero-order valence-electron chi connectivity index (χ0n) is 7.81. The van der Waals surface area contributed by atoms with Crippen molar-refractivity contribution < 1.29 is 4.39 Å². The molecule has 0 aromatic heterocycles. The van der Waals surface area contributed by atoms with Crippen LogP contribution in [0.25, 0.3) is 0 Å². The number of rotatable bonds is 4. The molecule has 3 N–H and O–H groups in total. The highest BCUT2D eigenvalue weighted by Crippen LogP contribution is 2.15. The molecule has 0 saturated carbocycles. The van der Waals surface area contributed by atoms with E-state index >= 15 is 0 Å². The largest absolute Gasteiger partial charge is 0.385 e. The summed E-state index contributed by atoms with van der Waals surface area (Å²) in [6.45, 7) is 3.39. The first kappa shape index (κ1) is 9.99. The van der Waals surface area contributed by atoms with Gasteiger partial charge in [0.05, 0.1) is 0 Å². The molecular weight excluding hydrogens is 167 g/mol. The Labute approximate surface area is 77.9 Å². The molecule has 0 atom stereocenters. The maximum atomic E-state index is 12.7. The maximum absolute atomic E-state index is 12.7. The molecule has 0 bridgehead atoms. The smallest absolute Gasteiger partial charge is 0.123 e. The molecule has 0 saturated heterocycles. The first-order valence-corrected chi connectivity index (χ1v) is 4.44. The average molecular weight is 182 g/mol. The monoisotopic (exact) mass is 182 g/mol. The average Bonchev–Trinajstić information content (AvgIpc) is 2.09. The van der Waals surface area contributed by atoms with Gasteiger partial charge in [-0.05, 0) is 43.7 Å². The molecule has 0 heterocycles. The number of hydrogen-bond acceptors (Lipinski definition) is 2.